The number of ether oxygens (including phenoxy) is 4. The minimum absolute atomic E-state index is 0.0494. The number of methoxy groups -OCH3 is 2. The molecule has 36 heavy (non-hydrogen) atoms. The van der Waals surface area contributed by atoms with Crippen LogP contribution in [0.2, 0.25) is 5.02 Å². The fourth-order valence-electron chi connectivity index (χ4n) is 3.15. The van der Waals surface area contributed by atoms with Crippen LogP contribution in [0.5, 0.6) is 23.0 Å². The molecule has 0 radical (unpaired) electrons. The highest BCUT2D eigenvalue weighted by molar-refractivity contribution is 7.92. The normalized spacial score (nSPS) is 10.9. The van der Waals surface area contributed by atoms with E-state index in [0.29, 0.717) is 29.5 Å². The number of benzene rings is 3. The van der Waals surface area contributed by atoms with Crippen LogP contribution in [0.25, 0.3) is 0 Å². The first-order valence-corrected chi connectivity index (χ1v) is 12.8. The summed E-state index contributed by atoms with van der Waals surface area (Å²) in [5, 5.41) is 2.79. The highest BCUT2D eigenvalue weighted by Crippen LogP contribution is 2.29. The van der Waals surface area contributed by atoms with E-state index in [9.17, 15) is 13.2 Å². The van der Waals surface area contributed by atoms with Crippen LogP contribution >= 0.6 is 11.6 Å². The number of rotatable bonds is 12. The van der Waals surface area contributed by atoms with Crippen molar-refractivity contribution in [1.29, 1.82) is 0 Å². The number of nitrogens with one attached hydrogen (secondary N) is 2. The van der Waals surface area contributed by atoms with Crippen LogP contribution in [0, 0.1) is 0 Å². The van der Waals surface area contributed by atoms with Gasteiger partial charge in [-0.2, -0.15) is 0 Å². The lowest BCUT2D eigenvalue weighted by atomic mass is 10.2. The fourth-order valence-corrected chi connectivity index (χ4v) is 4.54. The van der Waals surface area contributed by atoms with Gasteiger partial charge in [0.05, 0.1) is 30.7 Å². The van der Waals surface area contributed by atoms with Gasteiger partial charge < -0.3 is 24.3 Å². The smallest absolute Gasteiger partial charge is 0.261 e. The minimum atomic E-state index is -3.89. The summed E-state index contributed by atoms with van der Waals surface area (Å²) in [6.07, 6.45) is 0. The van der Waals surface area contributed by atoms with E-state index in [1.807, 2.05) is 6.92 Å². The van der Waals surface area contributed by atoms with Crippen molar-refractivity contribution in [2.45, 2.75) is 18.4 Å². The van der Waals surface area contributed by atoms with E-state index in [1.165, 1.54) is 25.3 Å². The van der Waals surface area contributed by atoms with Crippen LogP contribution in [0.15, 0.2) is 65.6 Å². The van der Waals surface area contributed by atoms with Gasteiger partial charge in [0, 0.05) is 12.2 Å². The number of carbonyl (C=O) groups excluding carboxylic acids is 1. The molecule has 11 heteroatoms. The van der Waals surface area contributed by atoms with Gasteiger partial charge in [0.15, 0.2) is 18.1 Å². The van der Waals surface area contributed by atoms with Gasteiger partial charge in [0.25, 0.3) is 15.9 Å². The summed E-state index contributed by atoms with van der Waals surface area (Å²) in [6, 6.07) is 15.9. The zero-order valence-corrected chi connectivity index (χ0v) is 21.6. The van der Waals surface area contributed by atoms with Gasteiger partial charge in [-0.15, -0.1) is 0 Å². The zero-order chi connectivity index (χ0) is 26.1. The lowest BCUT2D eigenvalue weighted by molar-refractivity contribution is -0.123. The van der Waals surface area contributed by atoms with Gasteiger partial charge in [-0.05, 0) is 67.1 Å². The molecule has 2 N–H and O–H groups in total. The molecule has 3 rings (SSSR count). The second-order valence-electron chi connectivity index (χ2n) is 7.41. The molecular weight excluding hydrogens is 508 g/mol. The quantitative estimate of drug-likeness (QED) is 0.357. The van der Waals surface area contributed by atoms with E-state index in [4.69, 9.17) is 30.5 Å². The van der Waals surface area contributed by atoms with Gasteiger partial charge in [-0.25, -0.2) is 8.42 Å². The summed E-state index contributed by atoms with van der Waals surface area (Å²) in [5.41, 5.74) is 1.19. The number of halogens is 1. The number of anilines is 1. The molecular formula is C25H27ClN2O7S. The van der Waals surface area contributed by atoms with E-state index in [0.717, 1.165) is 5.56 Å². The van der Waals surface area contributed by atoms with Crippen LogP contribution in [0.1, 0.15) is 12.5 Å². The molecule has 0 heterocycles. The van der Waals surface area contributed by atoms with Gasteiger partial charge in [0.2, 0.25) is 0 Å². The molecule has 0 atom stereocenters. The standard InChI is InChI=1S/C25H27ClN2O7S/c1-4-34-19-8-6-18(7-9-19)28-36(30,31)20-10-12-22(21(26)14-20)35-16-25(29)27-15-17-5-11-23(32-2)24(13-17)33-3/h5-14,28H,4,15-16H2,1-3H3,(H,27,29). The maximum Gasteiger partial charge on any atom is 0.261 e. The Morgan fingerprint density at radius 1 is 0.889 bits per heavy atom. The van der Waals surface area contributed by atoms with Crippen molar-refractivity contribution in [3.8, 4) is 23.0 Å². The SMILES string of the molecule is CCOc1ccc(NS(=O)(=O)c2ccc(OCC(=O)NCc3ccc(OC)c(OC)c3)c(Cl)c2)cc1. The van der Waals surface area contributed by atoms with Gasteiger partial charge in [-0.3, -0.25) is 9.52 Å². The average molecular weight is 535 g/mol. The molecule has 0 aromatic heterocycles. The molecule has 0 fully saturated rings. The lowest BCUT2D eigenvalue weighted by Crippen LogP contribution is -2.28. The van der Waals surface area contributed by atoms with Crippen molar-refractivity contribution in [3.05, 3.63) is 71.2 Å². The van der Waals surface area contributed by atoms with E-state index >= 15 is 0 Å². The monoisotopic (exact) mass is 534 g/mol. The van der Waals surface area contributed by atoms with E-state index < -0.39 is 10.0 Å². The first-order chi connectivity index (χ1) is 17.2. The molecule has 1 amide bonds. The number of hydrogen-bond donors (Lipinski definition) is 2. The van der Waals surface area contributed by atoms with Crippen LogP contribution in [-0.2, 0) is 21.4 Å². The summed E-state index contributed by atoms with van der Waals surface area (Å²) in [4.78, 5) is 12.2. The average Bonchev–Trinajstić information content (AvgIpc) is 2.87. The topological polar surface area (TPSA) is 112 Å². The Labute approximate surface area is 215 Å². The van der Waals surface area contributed by atoms with E-state index in [-0.39, 0.29) is 34.7 Å². The van der Waals surface area contributed by atoms with Gasteiger partial charge >= 0.3 is 0 Å². The molecule has 0 aliphatic carbocycles. The Hall–Kier alpha value is -3.63. The van der Waals surface area contributed by atoms with Crippen molar-refractivity contribution in [1.82, 2.24) is 5.32 Å². The Morgan fingerprint density at radius 2 is 1.58 bits per heavy atom. The molecule has 0 aliphatic rings. The predicted molar refractivity (Wildman–Crippen MR) is 137 cm³/mol. The molecule has 3 aromatic carbocycles. The van der Waals surface area contributed by atoms with Gasteiger partial charge in [0.1, 0.15) is 11.5 Å². The third-order valence-corrected chi connectivity index (χ3v) is 6.60. The molecule has 0 bridgehead atoms. The largest absolute Gasteiger partial charge is 0.494 e. The zero-order valence-electron chi connectivity index (χ0n) is 20.0. The first-order valence-electron chi connectivity index (χ1n) is 10.9. The first kappa shape index (κ1) is 27.0. The van der Waals surface area contributed by atoms with Crippen LogP contribution < -0.4 is 29.0 Å². The maximum absolute atomic E-state index is 12.7. The highest BCUT2D eigenvalue weighted by atomic mass is 35.5. The summed E-state index contributed by atoms with van der Waals surface area (Å²) in [6.45, 7) is 2.33. The van der Waals surface area contributed by atoms with Crippen molar-refractivity contribution in [2.24, 2.45) is 0 Å². The molecule has 0 spiro atoms. The van der Waals surface area contributed by atoms with E-state index in [1.54, 1.807) is 49.6 Å². The second kappa shape index (κ2) is 12.4. The molecule has 0 unspecified atom stereocenters. The minimum Gasteiger partial charge on any atom is -0.494 e. The Morgan fingerprint density at radius 3 is 2.22 bits per heavy atom. The predicted octanol–water partition coefficient (Wildman–Crippen LogP) is 4.25. The number of carbonyl (C=O) groups is 1. The summed E-state index contributed by atoms with van der Waals surface area (Å²) in [7, 11) is -0.812. The molecule has 0 saturated carbocycles. The van der Waals surface area contributed by atoms with Gasteiger partial charge in [-0.1, -0.05) is 17.7 Å². The fraction of sp³-hybridized carbons (Fsp3) is 0.240. The Kier molecular flexibility index (Phi) is 9.26. The number of hydrogen-bond acceptors (Lipinski definition) is 7. The highest BCUT2D eigenvalue weighted by Gasteiger charge is 2.17. The molecule has 0 aliphatic heterocycles. The Balaban J connectivity index is 1.56. The van der Waals surface area contributed by atoms with Crippen LogP contribution in [0.4, 0.5) is 5.69 Å². The number of sulfonamides is 1. The van der Waals surface area contributed by atoms with Crippen molar-refractivity contribution < 1.29 is 32.2 Å². The van der Waals surface area contributed by atoms with Crippen molar-refractivity contribution in [3.63, 3.8) is 0 Å². The molecule has 9 nitrogen and oxygen atoms in total. The molecule has 3 aromatic rings. The Bertz CT molecular complexity index is 1300. The third kappa shape index (κ3) is 7.19. The molecule has 192 valence electrons. The lowest BCUT2D eigenvalue weighted by Gasteiger charge is -2.12. The number of amides is 1. The third-order valence-electron chi connectivity index (χ3n) is 4.93. The van der Waals surface area contributed by atoms with Crippen molar-refractivity contribution in [2.75, 3.05) is 32.2 Å². The summed E-state index contributed by atoms with van der Waals surface area (Å²) >= 11 is 6.22. The second-order valence-corrected chi connectivity index (χ2v) is 9.50. The maximum atomic E-state index is 12.7. The van der Waals surface area contributed by atoms with E-state index in [2.05, 4.69) is 10.0 Å². The van der Waals surface area contributed by atoms with Crippen LogP contribution in [-0.4, -0.2) is 41.8 Å². The molecule has 0 saturated heterocycles. The van der Waals surface area contributed by atoms with Crippen molar-refractivity contribution >= 4 is 33.2 Å². The summed E-state index contributed by atoms with van der Waals surface area (Å²) < 4.78 is 49.2. The summed E-state index contributed by atoms with van der Waals surface area (Å²) in [5.74, 6) is 1.58. The van der Waals surface area contributed by atoms with Crippen LogP contribution in [0.3, 0.4) is 0 Å².